The number of aliphatic carboxylic acids is 1. The van der Waals surface area contributed by atoms with E-state index >= 15 is 0 Å². The number of carboxylic acid groups (broad SMARTS) is 1. The van der Waals surface area contributed by atoms with Crippen LogP contribution in [0.15, 0.2) is 35.2 Å². The third-order valence-corrected chi connectivity index (χ3v) is 3.68. The van der Waals surface area contributed by atoms with Crippen molar-refractivity contribution in [2.24, 2.45) is 0 Å². The molecule has 20 heavy (non-hydrogen) atoms. The summed E-state index contributed by atoms with van der Waals surface area (Å²) in [5, 5.41) is 11.9. The van der Waals surface area contributed by atoms with Gasteiger partial charge in [0.1, 0.15) is 6.04 Å². The molecule has 1 rings (SSSR count). The van der Waals surface area contributed by atoms with E-state index < -0.39 is 17.9 Å². The molecule has 2 N–H and O–H groups in total. The first kappa shape index (κ1) is 16.6. The lowest BCUT2D eigenvalue weighted by Gasteiger charge is -2.13. The lowest BCUT2D eigenvalue weighted by molar-refractivity contribution is -0.139. The van der Waals surface area contributed by atoms with Crippen molar-refractivity contribution in [2.75, 3.05) is 6.26 Å². The van der Waals surface area contributed by atoms with Gasteiger partial charge in [0.05, 0.1) is 10.6 Å². The molecule has 0 saturated heterocycles. The van der Waals surface area contributed by atoms with Gasteiger partial charge in [0.2, 0.25) is 0 Å². The average molecular weight is 314 g/mol. The summed E-state index contributed by atoms with van der Waals surface area (Å²) in [5.41, 5.74) is 0.283. The summed E-state index contributed by atoms with van der Waals surface area (Å²) < 4.78 is 0. The molecular weight excluding hydrogens is 298 g/mol. The Bertz CT molecular complexity index is 531. The van der Waals surface area contributed by atoms with Gasteiger partial charge < -0.3 is 10.4 Å². The van der Waals surface area contributed by atoms with Gasteiger partial charge in [0.15, 0.2) is 0 Å². The molecule has 4 nitrogen and oxygen atoms in total. The Morgan fingerprint density at radius 3 is 2.75 bits per heavy atom. The van der Waals surface area contributed by atoms with Gasteiger partial charge in [-0.3, -0.25) is 4.79 Å². The largest absolute Gasteiger partial charge is 0.480 e. The highest BCUT2D eigenvalue weighted by atomic mass is 35.5. The zero-order valence-corrected chi connectivity index (χ0v) is 12.8. The number of carboxylic acids is 1. The molecule has 0 spiro atoms. The zero-order chi connectivity index (χ0) is 15.1. The number of nitrogens with one attached hydrogen (secondary N) is 1. The first-order chi connectivity index (χ1) is 9.49. The monoisotopic (exact) mass is 313 g/mol. The fourth-order valence-electron chi connectivity index (χ4n) is 1.54. The Labute approximate surface area is 127 Å². The second-order valence-corrected chi connectivity index (χ2v) is 5.30. The number of halogens is 1. The number of hydrogen-bond acceptors (Lipinski definition) is 3. The van der Waals surface area contributed by atoms with E-state index in [1.54, 1.807) is 37.3 Å². The Hall–Kier alpha value is -1.46. The van der Waals surface area contributed by atoms with Gasteiger partial charge >= 0.3 is 5.97 Å². The lowest BCUT2D eigenvalue weighted by atomic mass is 10.1. The van der Waals surface area contributed by atoms with E-state index in [1.807, 2.05) is 6.26 Å². The number of thioether (sulfide) groups is 1. The fraction of sp³-hybridized carbons (Fsp3) is 0.286. The van der Waals surface area contributed by atoms with Crippen molar-refractivity contribution in [3.8, 4) is 0 Å². The summed E-state index contributed by atoms with van der Waals surface area (Å²) >= 11 is 7.47. The molecule has 1 aromatic rings. The molecule has 0 radical (unpaired) electrons. The summed E-state index contributed by atoms with van der Waals surface area (Å²) in [6.07, 6.45) is 5.55. The predicted octanol–water partition coefficient (Wildman–Crippen LogP) is 3.21. The third-order valence-electron chi connectivity index (χ3n) is 2.63. The van der Waals surface area contributed by atoms with Crippen molar-refractivity contribution in [1.82, 2.24) is 5.32 Å². The third kappa shape index (κ3) is 4.58. The summed E-state index contributed by atoms with van der Waals surface area (Å²) in [6.45, 7) is 1.79. The summed E-state index contributed by atoms with van der Waals surface area (Å²) in [4.78, 5) is 24.1. The normalized spacial score (nSPS) is 12.3. The topological polar surface area (TPSA) is 66.4 Å². The van der Waals surface area contributed by atoms with Gasteiger partial charge in [-0.25, -0.2) is 4.79 Å². The Morgan fingerprint density at radius 1 is 1.50 bits per heavy atom. The van der Waals surface area contributed by atoms with Crippen LogP contribution in [-0.2, 0) is 4.79 Å². The molecule has 0 saturated carbocycles. The minimum absolute atomic E-state index is 0.234. The van der Waals surface area contributed by atoms with Crippen LogP contribution in [0.2, 0.25) is 5.02 Å². The number of amides is 1. The lowest BCUT2D eigenvalue weighted by Crippen LogP contribution is -2.40. The molecule has 1 amide bonds. The van der Waals surface area contributed by atoms with E-state index in [-0.39, 0.29) is 12.0 Å². The zero-order valence-electron chi connectivity index (χ0n) is 11.2. The molecule has 0 aliphatic rings. The van der Waals surface area contributed by atoms with Crippen LogP contribution in [0, 0.1) is 0 Å². The molecule has 0 aliphatic carbocycles. The second kappa shape index (κ2) is 7.97. The van der Waals surface area contributed by atoms with Gasteiger partial charge in [-0.05, 0) is 37.8 Å². The quantitative estimate of drug-likeness (QED) is 0.625. The maximum absolute atomic E-state index is 12.1. The first-order valence-corrected chi connectivity index (χ1v) is 7.58. The van der Waals surface area contributed by atoms with Gasteiger partial charge in [-0.1, -0.05) is 23.8 Å². The molecule has 1 aromatic carbocycles. The summed E-state index contributed by atoms with van der Waals surface area (Å²) in [6, 6.07) is 4.12. The van der Waals surface area contributed by atoms with Crippen LogP contribution in [0.3, 0.4) is 0 Å². The van der Waals surface area contributed by atoms with Gasteiger partial charge in [-0.2, -0.15) is 0 Å². The van der Waals surface area contributed by atoms with Gasteiger partial charge in [-0.15, -0.1) is 11.8 Å². The summed E-state index contributed by atoms with van der Waals surface area (Å²) in [5.74, 6) is -1.56. The van der Waals surface area contributed by atoms with Crippen LogP contribution in [0.4, 0.5) is 0 Å². The van der Waals surface area contributed by atoms with E-state index in [0.717, 1.165) is 4.90 Å². The number of allylic oxidation sites excluding steroid dienone is 1. The van der Waals surface area contributed by atoms with Crippen LogP contribution < -0.4 is 5.32 Å². The van der Waals surface area contributed by atoms with Gasteiger partial charge in [0, 0.05) is 4.90 Å². The van der Waals surface area contributed by atoms with Crippen molar-refractivity contribution in [3.63, 3.8) is 0 Å². The SMILES string of the molecule is C/C=C/CC(NC(=O)c1cc(SC)ccc1Cl)C(=O)O. The molecule has 108 valence electrons. The molecule has 0 bridgehead atoms. The second-order valence-electron chi connectivity index (χ2n) is 4.01. The van der Waals surface area contributed by atoms with Crippen molar-refractivity contribution < 1.29 is 14.7 Å². The Balaban J connectivity index is 2.91. The first-order valence-electron chi connectivity index (χ1n) is 5.98. The van der Waals surface area contributed by atoms with Crippen LogP contribution in [0.25, 0.3) is 0 Å². The molecule has 6 heteroatoms. The molecule has 1 atom stereocenters. The molecule has 0 fully saturated rings. The van der Waals surface area contributed by atoms with E-state index in [0.29, 0.717) is 5.02 Å². The standard InChI is InChI=1S/C14H16ClNO3S/c1-3-4-5-12(14(18)19)16-13(17)10-8-9(20-2)6-7-11(10)15/h3-4,6-8,12H,5H2,1-2H3,(H,16,17)(H,18,19)/b4-3+. The fourth-order valence-corrected chi connectivity index (χ4v) is 2.18. The molecule has 0 aliphatic heterocycles. The minimum atomic E-state index is -1.08. The highest BCUT2D eigenvalue weighted by Gasteiger charge is 2.20. The van der Waals surface area contributed by atoms with Crippen LogP contribution in [0.1, 0.15) is 23.7 Å². The number of carbonyl (C=O) groups is 2. The van der Waals surface area contributed by atoms with E-state index in [4.69, 9.17) is 16.7 Å². The van der Waals surface area contributed by atoms with Crippen LogP contribution >= 0.6 is 23.4 Å². The molecule has 1 unspecified atom stereocenters. The molecule has 0 heterocycles. The van der Waals surface area contributed by atoms with E-state index in [2.05, 4.69) is 5.32 Å². The molecule has 0 aromatic heterocycles. The number of rotatable bonds is 6. The maximum Gasteiger partial charge on any atom is 0.326 e. The Morgan fingerprint density at radius 2 is 2.20 bits per heavy atom. The van der Waals surface area contributed by atoms with Crippen molar-refractivity contribution in [3.05, 3.63) is 40.9 Å². The van der Waals surface area contributed by atoms with Crippen LogP contribution in [-0.4, -0.2) is 29.3 Å². The number of hydrogen-bond donors (Lipinski definition) is 2. The van der Waals surface area contributed by atoms with Gasteiger partial charge in [0.25, 0.3) is 5.91 Å². The minimum Gasteiger partial charge on any atom is -0.480 e. The average Bonchev–Trinajstić information content (AvgIpc) is 2.43. The van der Waals surface area contributed by atoms with Crippen molar-refractivity contribution in [1.29, 1.82) is 0 Å². The van der Waals surface area contributed by atoms with Crippen molar-refractivity contribution >= 4 is 35.2 Å². The van der Waals surface area contributed by atoms with Crippen molar-refractivity contribution in [2.45, 2.75) is 24.3 Å². The number of carbonyl (C=O) groups excluding carboxylic acids is 1. The highest BCUT2D eigenvalue weighted by molar-refractivity contribution is 7.98. The van der Waals surface area contributed by atoms with Crippen LogP contribution in [0.5, 0.6) is 0 Å². The maximum atomic E-state index is 12.1. The predicted molar refractivity (Wildman–Crippen MR) is 81.6 cm³/mol. The van der Waals surface area contributed by atoms with E-state index in [9.17, 15) is 9.59 Å². The number of benzene rings is 1. The Kier molecular flexibility index (Phi) is 6.61. The summed E-state index contributed by atoms with van der Waals surface area (Å²) in [7, 11) is 0. The van der Waals surface area contributed by atoms with E-state index in [1.165, 1.54) is 11.8 Å². The highest BCUT2D eigenvalue weighted by Crippen LogP contribution is 2.23. The molecular formula is C14H16ClNO3S. The smallest absolute Gasteiger partial charge is 0.326 e.